The lowest BCUT2D eigenvalue weighted by Gasteiger charge is -2.35. The Kier molecular flexibility index (Phi) is 5.12. The first-order chi connectivity index (χ1) is 13.0. The fourth-order valence-corrected chi connectivity index (χ4v) is 4.33. The molecule has 2 aliphatic heterocycles. The molecule has 5 nitrogen and oxygen atoms in total. The Bertz CT molecular complexity index is 927. The highest BCUT2D eigenvalue weighted by molar-refractivity contribution is 8.18. The van der Waals surface area contributed by atoms with Crippen LogP contribution in [0.5, 0.6) is 0 Å². The number of ether oxygens (including phenoxy) is 1. The molecule has 140 valence electrons. The smallest absolute Gasteiger partial charge is 0.286 e. The van der Waals surface area contributed by atoms with E-state index in [1.165, 1.54) is 11.8 Å². The third kappa shape index (κ3) is 4.13. The number of carbonyl (C=O) groups is 1. The van der Waals surface area contributed by atoms with Crippen LogP contribution in [-0.4, -0.2) is 41.3 Å². The van der Waals surface area contributed by atoms with Crippen LogP contribution in [-0.2, 0) is 9.53 Å². The summed E-state index contributed by atoms with van der Waals surface area (Å²) >= 11 is 7.42. The largest absolute Gasteiger partial charge is 0.457 e. The van der Waals surface area contributed by atoms with E-state index in [9.17, 15) is 4.79 Å². The normalized spacial score (nSPS) is 24.6. The second-order valence-electron chi connectivity index (χ2n) is 6.68. The zero-order chi connectivity index (χ0) is 19.0. The zero-order valence-electron chi connectivity index (χ0n) is 15.0. The lowest BCUT2D eigenvalue weighted by Crippen LogP contribution is -2.47. The molecule has 3 heterocycles. The minimum atomic E-state index is -0.234. The molecule has 1 aromatic carbocycles. The molecule has 0 radical (unpaired) electrons. The average Bonchev–Trinajstić information content (AvgIpc) is 3.22. The number of amidine groups is 1. The van der Waals surface area contributed by atoms with Crippen molar-refractivity contribution in [2.75, 3.05) is 13.1 Å². The molecule has 0 aliphatic carbocycles. The van der Waals surface area contributed by atoms with Gasteiger partial charge in [-0.25, -0.2) is 0 Å². The van der Waals surface area contributed by atoms with E-state index in [1.807, 2.05) is 50.2 Å². The summed E-state index contributed by atoms with van der Waals surface area (Å²) < 4.78 is 11.6. The number of benzene rings is 1. The van der Waals surface area contributed by atoms with E-state index in [2.05, 4.69) is 9.89 Å². The Hall–Kier alpha value is -2.02. The minimum absolute atomic E-state index is 0.116. The maximum absolute atomic E-state index is 12.3. The molecule has 0 spiro atoms. The van der Waals surface area contributed by atoms with Crippen molar-refractivity contribution in [1.82, 2.24) is 4.90 Å². The highest BCUT2D eigenvalue weighted by Crippen LogP contribution is 2.33. The van der Waals surface area contributed by atoms with Crippen LogP contribution in [0.2, 0.25) is 5.02 Å². The number of rotatable bonds is 2. The SMILES string of the molecule is C[C@@H]1CN(C2=NC(=O)/C(=C\c3ccc(-c4cccc(Cl)c4)o3)S2)C[C@H](C)O1. The number of aliphatic imine (C=N–C) groups is 1. The zero-order valence-corrected chi connectivity index (χ0v) is 16.6. The van der Waals surface area contributed by atoms with E-state index in [0.717, 1.165) is 23.8 Å². The third-order valence-electron chi connectivity index (χ3n) is 4.31. The first-order valence-corrected chi connectivity index (χ1v) is 9.96. The van der Waals surface area contributed by atoms with Crippen LogP contribution in [0, 0.1) is 0 Å². The van der Waals surface area contributed by atoms with Gasteiger partial charge in [0.25, 0.3) is 5.91 Å². The molecular formula is C20H19ClN2O3S. The summed E-state index contributed by atoms with van der Waals surface area (Å²) in [6.45, 7) is 5.52. The van der Waals surface area contributed by atoms with Crippen LogP contribution >= 0.6 is 23.4 Å². The first-order valence-electron chi connectivity index (χ1n) is 8.76. The van der Waals surface area contributed by atoms with Crippen LogP contribution in [0.25, 0.3) is 17.4 Å². The van der Waals surface area contributed by atoms with E-state index < -0.39 is 0 Å². The number of hydrogen-bond acceptors (Lipinski definition) is 5. The standard InChI is InChI=1S/C20H19ClN2O3S/c1-12-10-23(11-13(2)25-12)20-22-19(24)18(27-20)9-16-6-7-17(26-16)14-4-3-5-15(21)8-14/h3-9,12-13H,10-11H2,1-2H3/b18-9+/t12-,13+. The van der Waals surface area contributed by atoms with Crippen molar-refractivity contribution in [3.63, 3.8) is 0 Å². The number of thioether (sulfide) groups is 1. The Morgan fingerprint density at radius 3 is 2.74 bits per heavy atom. The highest BCUT2D eigenvalue weighted by atomic mass is 35.5. The summed E-state index contributed by atoms with van der Waals surface area (Å²) in [6, 6.07) is 11.2. The molecule has 0 unspecified atom stereocenters. The Morgan fingerprint density at radius 1 is 1.22 bits per heavy atom. The van der Waals surface area contributed by atoms with Crippen LogP contribution in [0.1, 0.15) is 19.6 Å². The average molecular weight is 403 g/mol. The number of morpholine rings is 1. The van der Waals surface area contributed by atoms with Crippen molar-refractivity contribution in [3.05, 3.63) is 52.1 Å². The summed E-state index contributed by atoms with van der Waals surface area (Å²) in [5.41, 5.74) is 0.894. The van der Waals surface area contributed by atoms with Gasteiger partial charge in [0.05, 0.1) is 17.1 Å². The van der Waals surface area contributed by atoms with Crippen molar-refractivity contribution < 1.29 is 13.9 Å². The quantitative estimate of drug-likeness (QED) is 0.682. The Balaban J connectivity index is 1.50. The molecule has 1 fully saturated rings. The molecule has 2 aromatic rings. The Morgan fingerprint density at radius 2 is 2.00 bits per heavy atom. The van der Waals surface area contributed by atoms with Gasteiger partial charge in [0.15, 0.2) is 5.17 Å². The molecular weight excluding hydrogens is 384 g/mol. The van der Waals surface area contributed by atoms with Gasteiger partial charge in [0.2, 0.25) is 0 Å². The number of halogens is 1. The van der Waals surface area contributed by atoms with Crippen LogP contribution in [0.3, 0.4) is 0 Å². The van der Waals surface area contributed by atoms with Gasteiger partial charge >= 0.3 is 0 Å². The van der Waals surface area contributed by atoms with Crippen molar-refractivity contribution in [1.29, 1.82) is 0 Å². The predicted molar refractivity (Wildman–Crippen MR) is 109 cm³/mol. The van der Waals surface area contributed by atoms with E-state index in [1.54, 1.807) is 6.08 Å². The van der Waals surface area contributed by atoms with Gasteiger partial charge in [-0.1, -0.05) is 23.7 Å². The second kappa shape index (κ2) is 7.54. The predicted octanol–water partition coefficient (Wildman–Crippen LogP) is 4.68. The number of nitrogens with zero attached hydrogens (tertiary/aromatic N) is 2. The third-order valence-corrected chi connectivity index (χ3v) is 5.59. The summed E-state index contributed by atoms with van der Waals surface area (Å²) in [5, 5.41) is 1.38. The molecule has 2 atom stereocenters. The van der Waals surface area contributed by atoms with Gasteiger partial charge in [0, 0.05) is 29.8 Å². The van der Waals surface area contributed by atoms with E-state index in [-0.39, 0.29) is 18.1 Å². The van der Waals surface area contributed by atoms with Crippen molar-refractivity contribution in [2.24, 2.45) is 4.99 Å². The number of amides is 1. The maximum atomic E-state index is 12.3. The molecule has 27 heavy (non-hydrogen) atoms. The molecule has 1 saturated heterocycles. The minimum Gasteiger partial charge on any atom is -0.457 e. The van der Waals surface area contributed by atoms with Gasteiger partial charge in [0.1, 0.15) is 11.5 Å². The molecule has 4 rings (SSSR count). The molecule has 0 bridgehead atoms. The van der Waals surface area contributed by atoms with Gasteiger partial charge in [-0.2, -0.15) is 4.99 Å². The van der Waals surface area contributed by atoms with Gasteiger partial charge in [-0.15, -0.1) is 0 Å². The summed E-state index contributed by atoms with van der Waals surface area (Å²) in [5.74, 6) is 1.08. The van der Waals surface area contributed by atoms with Crippen LogP contribution in [0.4, 0.5) is 0 Å². The van der Waals surface area contributed by atoms with E-state index in [0.29, 0.717) is 21.4 Å². The molecule has 0 N–H and O–H groups in total. The number of furan rings is 1. The van der Waals surface area contributed by atoms with E-state index >= 15 is 0 Å². The van der Waals surface area contributed by atoms with Crippen LogP contribution < -0.4 is 0 Å². The molecule has 2 aliphatic rings. The van der Waals surface area contributed by atoms with Crippen molar-refractivity contribution in [2.45, 2.75) is 26.1 Å². The summed E-state index contributed by atoms with van der Waals surface area (Å²) in [6.07, 6.45) is 1.97. The highest BCUT2D eigenvalue weighted by Gasteiger charge is 2.31. The van der Waals surface area contributed by atoms with Crippen molar-refractivity contribution in [3.8, 4) is 11.3 Å². The van der Waals surface area contributed by atoms with Crippen LogP contribution in [0.15, 0.2) is 50.7 Å². The number of carbonyl (C=O) groups excluding carboxylic acids is 1. The number of hydrogen-bond donors (Lipinski definition) is 0. The van der Waals surface area contributed by atoms with Gasteiger partial charge < -0.3 is 14.1 Å². The molecule has 7 heteroatoms. The van der Waals surface area contributed by atoms with Gasteiger partial charge in [-0.05, 0) is 49.9 Å². The fourth-order valence-electron chi connectivity index (χ4n) is 3.22. The van der Waals surface area contributed by atoms with Crippen molar-refractivity contribution >= 4 is 40.5 Å². The van der Waals surface area contributed by atoms with Gasteiger partial charge in [-0.3, -0.25) is 4.79 Å². The molecule has 1 aromatic heterocycles. The second-order valence-corrected chi connectivity index (χ2v) is 8.13. The molecule has 0 saturated carbocycles. The lowest BCUT2D eigenvalue weighted by atomic mass is 10.2. The fraction of sp³-hybridized carbons (Fsp3) is 0.300. The maximum Gasteiger partial charge on any atom is 0.286 e. The topological polar surface area (TPSA) is 55.0 Å². The summed E-state index contributed by atoms with van der Waals surface area (Å²) in [4.78, 5) is 19.2. The Labute approximate surface area is 167 Å². The van der Waals surface area contributed by atoms with E-state index in [4.69, 9.17) is 20.8 Å². The monoisotopic (exact) mass is 402 g/mol. The lowest BCUT2D eigenvalue weighted by molar-refractivity contribution is -0.113. The summed E-state index contributed by atoms with van der Waals surface area (Å²) in [7, 11) is 0. The molecule has 1 amide bonds. The first kappa shape index (κ1) is 18.3.